The molecule has 0 aliphatic carbocycles. The van der Waals surface area contributed by atoms with Crippen molar-refractivity contribution >= 4 is 21.5 Å². The topological polar surface area (TPSA) is 13.1 Å². The normalized spacial score (nSPS) is 12.3. The average Bonchev–Trinajstić information content (AvgIpc) is 2.59. The first-order valence-electron chi connectivity index (χ1n) is 8.79. The van der Waals surface area contributed by atoms with Gasteiger partial charge in [-0.3, -0.25) is 0 Å². The van der Waals surface area contributed by atoms with Crippen LogP contribution in [0.3, 0.4) is 0 Å². The zero-order chi connectivity index (χ0) is 18.2. The minimum Gasteiger partial charge on any atom is -0.449 e. The first-order chi connectivity index (χ1) is 12.4. The van der Waals surface area contributed by atoms with Gasteiger partial charge in [-0.25, -0.2) is 4.39 Å². The lowest BCUT2D eigenvalue weighted by molar-refractivity contribution is -0.659. The summed E-state index contributed by atoms with van der Waals surface area (Å²) in [6, 6.07) is 11.4. The minimum absolute atomic E-state index is 0.252. The molecule has 0 unspecified atom stereocenters. The molecule has 0 radical (unpaired) electrons. The van der Waals surface area contributed by atoms with E-state index < -0.39 is 0 Å². The molecular formula is C23H19FNO+. The Morgan fingerprint density at radius 1 is 0.962 bits per heavy atom. The van der Waals surface area contributed by atoms with Crippen molar-refractivity contribution in [2.24, 2.45) is 7.05 Å². The lowest BCUT2D eigenvalue weighted by atomic mass is 9.89. The molecule has 0 fully saturated rings. The van der Waals surface area contributed by atoms with Crippen LogP contribution in [0.1, 0.15) is 16.7 Å². The van der Waals surface area contributed by atoms with Crippen LogP contribution in [0.4, 0.5) is 4.39 Å². The van der Waals surface area contributed by atoms with Gasteiger partial charge in [0.1, 0.15) is 18.6 Å². The van der Waals surface area contributed by atoms with Crippen molar-refractivity contribution in [2.45, 2.75) is 20.8 Å². The summed E-state index contributed by atoms with van der Waals surface area (Å²) in [6.07, 6.45) is 2.05. The molecule has 5 rings (SSSR count). The van der Waals surface area contributed by atoms with Gasteiger partial charge in [-0.1, -0.05) is 12.1 Å². The van der Waals surface area contributed by atoms with Gasteiger partial charge < -0.3 is 4.74 Å². The van der Waals surface area contributed by atoms with E-state index in [0.717, 1.165) is 38.9 Å². The molecule has 128 valence electrons. The number of halogens is 1. The molecule has 2 heterocycles. The van der Waals surface area contributed by atoms with Crippen LogP contribution in [0.15, 0.2) is 42.6 Å². The fourth-order valence-corrected chi connectivity index (χ4v) is 4.17. The average molecular weight is 344 g/mol. The van der Waals surface area contributed by atoms with Crippen molar-refractivity contribution < 1.29 is 13.7 Å². The molecule has 26 heavy (non-hydrogen) atoms. The van der Waals surface area contributed by atoms with E-state index in [4.69, 9.17) is 4.74 Å². The molecule has 2 nitrogen and oxygen atoms in total. The zero-order valence-corrected chi connectivity index (χ0v) is 15.3. The van der Waals surface area contributed by atoms with Crippen LogP contribution in [0, 0.1) is 26.6 Å². The number of aryl methyl sites for hydroxylation is 3. The number of pyridine rings is 1. The quantitative estimate of drug-likeness (QED) is 0.331. The van der Waals surface area contributed by atoms with Gasteiger partial charge in [0.25, 0.3) is 5.69 Å². The lowest BCUT2D eigenvalue weighted by Crippen LogP contribution is -2.32. The van der Waals surface area contributed by atoms with Crippen LogP contribution in [0.2, 0.25) is 0 Å². The smallest absolute Gasteiger partial charge is 0.257 e. The van der Waals surface area contributed by atoms with Gasteiger partial charge in [-0.2, -0.15) is 4.57 Å². The van der Waals surface area contributed by atoms with Gasteiger partial charge in [-0.15, -0.1) is 0 Å². The van der Waals surface area contributed by atoms with Crippen LogP contribution in [0.25, 0.3) is 32.8 Å². The summed E-state index contributed by atoms with van der Waals surface area (Å²) >= 11 is 0. The zero-order valence-electron chi connectivity index (χ0n) is 15.3. The number of ether oxygens (including phenoxy) is 1. The Morgan fingerprint density at radius 3 is 2.58 bits per heavy atom. The number of benzene rings is 3. The second-order valence-corrected chi connectivity index (χ2v) is 7.31. The van der Waals surface area contributed by atoms with Gasteiger partial charge in [-0.05, 0) is 67.1 Å². The maximum Gasteiger partial charge on any atom is 0.257 e. The molecule has 0 saturated carbocycles. The van der Waals surface area contributed by atoms with Crippen LogP contribution >= 0.6 is 0 Å². The SMILES string of the molecule is Cc1cc2c3c(c(C)c(C)cc3c1)-c1c(c3cc(F)ccc3c[n+]1C)O2. The Labute approximate surface area is 151 Å². The van der Waals surface area contributed by atoms with Gasteiger partial charge in [0.2, 0.25) is 5.75 Å². The number of hydrogen-bond donors (Lipinski definition) is 0. The maximum atomic E-state index is 14.0. The molecule has 4 aromatic rings. The summed E-state index contributed by atoms with van der Waals surface area (Å²) in [5.41, 5.74) is 5.83. The Bertz CT molecular complexity index is 1260. The van der Waals surface area contributed by atoms with Crippen LogP contribution in [-0.4, -0.2) is 0 Å². The molecule has 1 aromatic heterocycles. The first kappa shape index (κ1) is 15.3. The predicted octanol–water partition coefficient (Wildman–Crippen LogP) is 5.65. The molecule has 3 aromatic carbocycles. The van der Waals surface area contributed by atoms with E-state index in [2.05, 4.69) is 43.5 Å². The number of nitrogens with zero attached hydrogens (tertiary/aromatic N) is 1. The highest BCUT2D eigenvalue weighted by molar-refractivity contribution is 6.07. The van der Waals surface area contributed by atoms with Gasteiger partial charge in [0.15, 0.2) is 6.20 Å². The predicted molar refractivity (Wildman–Crippen MR) is 102 cm³/mol. The van der Waals surface area contributed by atoms with Crippen LogP contribution in [0.5, 0.6) is 11.5 Å². The Morgan fingerprint density at radius 2 is 1.77 bits per heavy atom. The van der Waals surface area contributed by atoms with Gasteiger partial charge in [0.05, 0.1) is 5.56 Å². The first-order valence-corrected chi connectivity index (χ1v) is 8.79. The molecule has 0 amide bonds. The highest BCUT2D eigenvalue weighted by Gasteiger charge is 2.32. The molecule has 1 aliphatic rings. The van der Waals surface area contributed by atoms with E-state index in [0.29, 0.717) is 0 Å². The molecule has 0 spiro atoms. The fourth-order valence-electron chi connectivity index (χ4n) is 4.17. The number of fused-ring (bicyclic) bond motifs is 4. The molecule has 1 aliphatic heterocycles. The maximum absolute atomic E-state index is 14.0. The van der Waals surface area contributed by atoms with E-state index in [1.807, 2.05) is 13.2 Å². The van der Waals surface area contributed by atoms with Crippen molar-refractivity contribution in [1.82, 2.24) is 0 Å². The molecule has 0 N–H and O–H groups in total. The largest absolute Gasteiger partial charge is 0.449 e. The van der Waals surface area contributed by atoms with Crippen molar-refractivity contribution in [3.63, 3.8) is 0 Å². The summed E-state index contributed by atoms with van der Waals surface area (Å²) in [5.74, 6) is 1.33. The van der Waals surface area contributed by atoms with Crippen LogP contribution in [-0.2, 0) is 7.05 Å². The highest BCUT2D eigenvalue weighted by atomic mass is 19.1. The number of rotatable bonds is 0. The second-order valence-electron chi connectivity index (χ2n) is 7.31. The Balaban J connectivity index is 2.04. The monoisotopic (exact) mass is 344 g/mol. The van der Waals surface area contributed by atoms with Crippen molar-refractivity contribution in [3.8, 4) is 22.8 Å². The third-order valence-electron chi connectivity index (χ3n) is 5.47. The van der Waals surface area contributed by atoms with Crippen molar-refractivity contribution in [2.75, 3.05) is 0 Å². The van der Waals surface area contributed by atoms with Gasteiger partial charge >= 0.3 is 0 Å². The molecule has 0 bridgehead atoms. The van der Waals surface area contributed by atoms with Crippen molar-refractivity contribution in [1.29, 1.82) is 0 Å². The summed E-state index contributed by atoms with van der Waals surface area (Å²) in [7, 11) is 2.03. The fraction of sp³-hybridized carbons (Fsp3) is 0.174. The molecular weight excluding hydrogens is 325 g/mol. The van der Waals surface area contributed by atoms with E-state index in [1.165, 1.54) is 28.1 Å². The van der Waals surface area contributed by atoms with E-state index in [1.54, 1.807) is 12.1 Å². The van der Waals surface area contributed by atoms with E-state index in [9.17, 15) is 4.39 Å². The van der Waals surface area contributed by atoms with Crippen molar-refractivity contribution in [3.05, 3.63) is 65.1 Å². The highest BCUT2D eigenvalue weighted by Crippen LogP contribution is 2.49. The second kappa shape index (κ2) is 5.04. The van der Waals surface area contributed by atoms with E-state index in [-0.39, 0.29) is 5.82 Å². The third-order valence-corrected chi connectivity index (χ3v) is 5.47. The molecule has 0 atom stereocenters. The van der Waals surface area contributed by atoms with E-state index >= 15 is 0 Å². The van der Waals surface area contributed by atoms with Crippen LogP contribution < -0.4 is 9.30 Å². The standard InChI is InChI=1S/C23H19FNO/c1-12-7-16-9-13(2)14(3)20-21(16)19(8-12)26-23-18-10-17(24)6-5-15(18)11-25(4)22(20)23/h5-11H,1-4H3/q+1. The summed E-state index contributed by atoms with van der Waals surface area (Å²) in [4.78, 5) is 0. The van der Waals surface area contributed by atoms with Gasteiger partial charge in [0, 0.05) is 16.2 Å². The Kier molecular flexibility index (Phi) is 2.97. The Hall–Kier alpha value is -2.94. The number of hydrogen-bond acceptors (Lipinski definition) is 1. The lowest BCUT2D eigenvalue weighted by Gasteiger charge is -2.23. The minimum atomic E-state index is -0.252. The summed E-state index contributed by atoms with van der Waals surface area (Å²) in [5, 5.41) is 4.09. The molecule has 0 saturated heterocycles. The summed E-state index contributed by atoms with van der Waals surface area (Å²) in [6.45, 7) is 6.37. The summed E-state index contributed by atoms with van der Waals surface area (Å²) < 4.78 is 22.5. The third kappa shape index (κ3) is 1.94. The molecule has 3 heteroatoms. The number of aromatic nitrogens is 1.